The first-order valence-electron chi connectivity index (χ1n) is 5.36. The molecular weight excluding hydrogens is 233 g/mol. The molecule has 1 heterocycles. The van der Waals surface area contributed by atoms with Gasteiger partial charge in [-0.25, -0.2) is 9.37 Å². The fraction of sp³-hybridized carbons (Fsp3) is 0.0769. The van der Waals surface area contributed by atoms with E-state index in [4.69, 9.17) is 5.73 Å². The Balaban J connectivity index is 2.21. The van der Waals surface area contributed by atoms with Crippen LogP contribution < -0.4 is 11.1 Å². The van der Waals surface area contributed by atoms with Gasteiger partial charge < -0.3 is 11.1 Å². The van der Waals surface area contributed by atoms with Crippen molar-refractivity contribution in [2.75, 3.05) is 11.1 Å². The molecule has 2 rings (SSSR count). The van der Waals surface area contributed by atoms with E-state index in [0.29, 0.717) is 16.9 Å². The SMILES string of the molecule is Cc1c(F)cccc1NC(=O)c1ccc(N)cn1. The first-order valence-corrected chi connectivity index (χ1v) is 5.36. The molecule has 0 radical (unpaired) electrons. The zero-order chi connectivity index (χ0) is 13.1. The summed E-state index contributed by atoms with van der Waals surface area (Å²) in [7, 11) is 0. The molecule has 0 aliphatic carbocycles. The van der Waals surface area contributed by atoms with Gasteiger partial charge in [0.25, 0.3) is 5.91 Å². The number of amides is 1. The van der Waals surface area contributed by atoms with Crippen LogP contribution in [0.4, 0.5) is 15.8 Å². The second-order valence-electron chi connectivity index (χ2n) is 3.84. The molecule has 0 saturated heterocycles. The third-order valence-corrected chi connectivity index (χ3v) is 2.53. The number of carbonyl (C=O) groups is 1. The average molecular weight is 245 g/mol. The number of hydrogen-bond donors (Lipinski definition) is 2. The zero-order valence-corrected chi connectivity index (χ0v) is 9.77. The van der Waals surface area contributed by atoms with E-state index < -0.39 is 5.91 Å². The lowest BCUT2D eigenvalue weighted by atomic mass is 10.2. The van der Waals surface area contributed by atoms with Crippen molar-refractivity contribution in [2.45, 2.75) is 6.92 Å². The molecule has 0 saturated carbocycles. The monoisotopic (exact) mass is 245 g/mol. The predicted molar refractivity (Wildman–Crippen MR) is 67.7 cm³/mol. The summed E-state index contributed by atoms with van der Waals surface area (Å²) < 4.78 is 13.3. The minimum Gasteiger partial charge on any atom is -0.397 e. The Morgan fingerprint density at radius 2 is 2.11 bits per heavy atom. The van der Waals surface area contributed by atoms with Gasteiger partial charge in [-0.2, -0.15) is 0 Å². The second-order valence-corrected chi connectivity index (χ2v) is 3.84. The number of nitrogens with two attached hydrogens (primary N) is 1. The molecule has 18 heavy (non-hydrogen) atoms. The molecule has 92 valence electrons. The topological polar surface area (TPSA) is 68.0 Å². The fourth-order valence-electron chi connectivity index (χ4n) is 1.47. The van der Waals surface area contributed by atoms with E-state index in [9.17, 15) is 9.18 Å². The molecule has 1 aromatic carbocycles. The molecule has 0 fully saturated rings. The van der Waals surface area contributed by atoms with Crippen LogP contribution in [0, 0.1) is 12.7 Å². The maximum absolute atomic E-state index is 13.3. The van der Waals surface area contributed by atoms with Crippen LogP contribution >= 0.6 is 0 Å². The Hall–Kier alpha value is -2.43. The molecule has 0 unspecified atom stereocenters. The van der Waals surface area contributed by atoms with Crippen LogP contribution in [0.5, 0.6) is 0 Å². The summed E-state index contributed by atoms with van der Waals surface area (Å²) in [6, 6.07) is 7.61. The summed E-state index contributed by atoms with van der Waals surface area (Å²) in [4.78, 5) is 15.7. The Morgan fingerprint density at radius 1 is 1.33 bits per heavy atom. The highest BCUT2D eigenvalue weighted by Crippen LogP contribution is 2.18. The minimum atomic E-state index is -0.399. The maximum atomic E-state index is 13.3. The number of nitrogens with one attached hydrogen (secondary N) is 1. The van der Waals surface area contributed by atoms with Crippen LogP contribution in [0.25, 0.3) is 0 Å². The van der Waals surface area contributed by atoms with Gasteiger partial charge in [0.15, 0.2) is 0 Å². The fourth-order valence-corrected chi connectivity index (χ4v) is 1.47. The number of aromatic nitrogens is 1. The van der Waals surface area contributed by atoms with Gasteiger partial charge in [0.05, 0.1) is 11.9 Å². The van der Waals surface area contributed by atoms with E-state index in [2.05, 4.69) is 10.3 Å². The first-order chi connectivity index (χ1) is 8.58. The number of anilines is 2. The molecule has 0 bridgehead atoms. The van der Waals surface area contributed by atoms with Gasteiger partial charge in [-0.1, -0.05) is 6.07 Å². The van der Waals surface area contributed by atoms with Gasteiger partial charge in [0, 0.05) is 11.3 Å². The normalized spacial score (nSPS) is 10.1. The van der Waals surface area contributed by atoms with Crippen molar-refractivity contribution in [3.8, 4) is 0 Å². The molecular formula is C13H12FN3O. The van der Waals surface area contributed by atoms with Gasteiger partial charge in [0.2, 0.25) is 0 Å². The Labute approximate surface area is 104 Å². The number of nitrogen functional groups attached to an aromatic ring is 1. The Bertz CT molecular complexity index is 581. The minimum absolute atomic E-state index is 0.230. The average Bonchev–Trinajstić information content (AvgIpc) is 2.36. The third kappa shape index (κ3) is 2.45. The van der Waals surface area contributed by atoms with E-state index in [1.807, 2.05) is 0 Å². The van der Waals surface area contributed by atoms with E-state index in [-0.39, 0.29) is 11.5 Å². The lowest BCUT2D eigenvalue weighted by molar-refractivity contribution is 0.102. The quantitative estimate of drug-likeness (QED) is 0.853. The highest BCUT2D eigenvalue weighted by molar-refractivity contribution is 6.03. The Morgan fingerprint density at radius 3 is 2.78 bits per heavy atom. The maximum Gasteiger partial charge on any atom is 0.274 e. The van der Waals surface area contributed by atoms with E-state index in [1.165, 1.54) is 24.4 Å². The van der Waals surface area contributed by atoms with Crippen molar-refractivity contribution < 1.29 is 9.18 Å². The first kappa shape index (κ1) is 12.0. The lowest BCUT2D eigenvalue weighted by Gasteiger charge is -2.08. The number of nitrogens with zero attached hydrogens (tertiary/aromatic N) is 1. The predicted octanol–water partition coefficient (Wildman–Crippen LogP) is 2.36. The van der Waals surface area contributed by atoms with Crippen molar-refractivity contribution in [1.82, 2.24) is 4.98 Å². The van der Waals surface area contributed by atoms with Crippen molar-refractivity contribution >= 4 is 17.3 Å². The summed E-state index contributed by atoms with van der Waals surface area (Å²) in [6.45, 7) is 1.60. The second kappa shape index (κ2) is 4.83. The number of carbonyl (C=O) groups excluding carboxylic acids is 1. The van der Waals surface area contributed by atoms with Crippen molar-refractivity contribution in [2.24, 2.45) is 0 Å². The summed E-state index contributed by atoms with van der Waals surface area (Å²) in [6.07, 6.45) is 1.40. The summed E-state index contributed by atoms with van der Waals surface area (Å²) in [5.41, 5.74) is 7.01. The molecule has 0 aliphatic heterocycles. The number of pyridine rings is 1. The molecule has 0 atom stereocenters. The summed E-state index contributed by atoms with van der Waals surface area (Å²) in [5, 5.41) is 2.60. The van der Waals surface area contributed by atoms with E-state index in [0.717, 1.165) is 0 Å². The third-order valence-electron chi connectivity index (χ3n) is 2.53. The summed E-state index contributed by atoms with van der Waals surface area (Å²) in [5.74, 6) is -0.762. The van der Waals surface area contributed by atoms with Gasteiger partial charge >= 0.3 is 0 Å². The molecule has 1 aromatic heterocycles. The van der Waals surface area contributed by atoms with Crippen LogP contribution in [-0.4, -0.2) is 10.9 Å². The van der Waals surface area contributed by atoms with Crippen molar-refractivity contribution in [3.63, 3.8) is 0 Å². The molecule has 3 N–H and O–H groups in total. The van der Waals surface area contributed by atoms with Crippen molar-refractivity contribution in [1.29, 1.82) is 0 Å². The van der Waals surface area contributed by atoms with Gasteiger partial charge in [-0.3, -0.25) is 4.79 Å². The van der Waals surface area contributed by atoms with Crippen LogP contribution in [-0.2, 0) is 0 Å². The van der Waals surface area contributed by atoms with Crippen molar-refractivity contribution in [3.05, 3.63) is 53.6 Å². The highest BCUT2D eigenvalue weighted by atomic mass is 19.1. The number of halogens is 1. The number of rotatable bonds is 2. The zero-order valence-electron chi connectivity index (χ0n) is 9.77. The van der Waals surface area contributed by atoms with Crippen LogP contribution in [0.15, 0.2) is 36.5 Å². The van der Waals surface area contributed by atoms with Gasteiger partial charge in [-0.15, -0.1) is 0 Å². The molecule has 5 heteroatoms. The lowest BCUT2D eigenvalue weighted by Crippen LogP contribution is -2.14. The smallest absolute Gasteiger partial charge is 0.274 e. The number of benzene rings is 1. The van der Waals surface area contributed by atoms with Gasteiger partial charge in [0.1, 0.15) is 11.5 Å². The molecule has 0 spiro atoms. The molecule has 2 aromatic rings. The van der Waals surface area contributed by atoms with Crippen LogP contribution in [0.3, 0.4) is 0 Å². The molecule has 4 nitrogen and oxygen atoms in total. The van der Waals surface area contributed by atoms with Gasteiger partial charge in [-0.05, 0) is 31.2 Å². The largest absolute Gasteiger partial charge is 0.397 e. The number of hydrogen-bond acceptors (Lipinski definition) is 3. The molecule has 0 aliphatic rings. The highest BCUT2D eigenvalue weighted by Gasteiger charge is 2.10. The standard InChI is InChI=1S/C13H12FN3O/c1-8-10(14)3-2-4-11(8)17-13(18)12-6-5-9(15)7-16-12/h2-7H,15H2,1H3,(H,17,18). The van der Waals surface area contributed by atoms with Crippen LogP contribution in [0.1, 0.15) is 16.1 Å². The molecule has 1 amide bonds. The summed E-state index contributed by atoms with van der Waals surface area (Å²) >= 11 is 0. The van der Waals surface area contributed by atoms with E-state index in [1.54, 1.807) is 19.1 Å². The van der Waals surface area contributed by atoms with Crippen LogP contribution in [0.2, 0.25) is 0 Å². The van der Waals surface area contributed by atoms with E-state index >= 15 is 0 Å². The Kier molecular flexibility index (Phi) is 3.23.